The number of fused-ring (bicyclic) bond motifs is 1. The van der Waals surface area contributed by atoms with Crippen LogP contribution in [0.4, 0.5) is 0 Å². The minimum absolute atomic E-state index is 0.116. The van der Waals surface area contributed by atoms with E-state index in [9.17, 15) is 10.1 Å². The Balaban J connectivity index is 1.56. The second-order valence-corrected chi connectivity index (χ2v) is 8.22. The van der Waals surface area contributed by atoms with Gasteiger partial charge >= 0.3 is 0 Å². The Morgan fingerprint density at radius 2 is 1.69 bits per heavy atom. The van der Waals surface area contributed by atoms with Gasteiger partial charge in [0.15, 0.2) is 0 Å². The lowest BCUT2D eigenvalue weighted by Crippen LogP contribution is -2.25. The Kier molecular flexibility index (Phi) is 6.34. The van der Waals surface area contributed by atoms with E-state index in [0.717, 1.165) is 28.6 Å². The molecule has 0 radical (unpaired) electrons. The number of hydrogen-bond acceptors (Lipinski definition) is 3. The van der Waals surface area contributed by atoms with Crippen molar-refractivity contribution in [2.24, 2.45) is 0 Å². The highest BCUT2D eigenvalue weighted by Gasteiger charge is 2.16. The van der Waals surface area contributed by atoms with Crippen LogP contribution in [0, 0.1) is 11.3 Å². The Bertz CT molecular complexity index is 1280. The molecule has 0 aliphatic carbocycles. The molecule has 1 N–H and O–H groups in total. The summed E-state index contributed by atoms with van der Waals surface area (Å²) < 4.78 is 2.02. The normalized spacial score (nSPS) is 10.9. The van der Waals surface area contributed by atoms with Crippen molar-refractivity contribution in [2.45, 2.75) is 19.6 Å². The van der Waals surface area contributed by atoms with Crippen LogP contribution in [-0.4, -0.2) is 29.5 Å². The molecule has 0 saturated heterocycles. The zero-order valence-electron chi connectivity index (χ0n) is 18.4. The first-order chi connectivity index (χ1) is 15.5. The van der Waals surface area contributed by atoms with E-state index in [2.05, 4.69) is 40.6 Å². The van der Waals surface area contributed by atoms with Crippen LogP contribution in [0.1, 0.15) is 32.7 Å². The smallest absolute Gasteiger partial charge is 0.268 e. The van der Waals surface area contributed by atoms with Crippen LogP contribution in [-0.2, 0) is 19.6 Å². The molecular formula is C27H26N4O. The topological polar surface area (TPSA) is 61.1 Å². The van der Waals surface area contributed by atoms with Gasteiger partial charge in [0.2, 0.25) is 0 Å². The second-order valence-electron chi connectivity index (χ2n) is 8.22. The van der Waals surface area contributed by atoms with Crippen molar-refractivity contribution in [3.05, 3.63) is 107 Å². The highest BCUT2D eigenvalue weighted by Crippen LogP contribution is 2.22. The number of nitrogens with zero attached hydrogens (tertiary/aromatic N) is 3. The van der Waals surface area contributed by atoms with Crippen molar-refractivity contribution in [1.82, 2.24) is 14.8 Å². The van der Waals surface area contributed by atoms with Crippen LogP contribution in [0.5, 0.6) is 0 Å². The first-order valence-electron chi connectivity index (χ1n) is 10.6. The monoisotopic (exact) mass is 422 g/mol. The number of rotatable bonds is 7. The number of amides is 1. The van der Waals surface area contributed by atoms with Crippen LogP contribution < -0.4 is 5.32 Å². The van der Waals surface area contributed by atoms with E-state index in [1.807, 2.05) is 67.2 Å². The maximum absolute atomic E-state index is 13.1. The molecule has 0 unspecified atom stereocenters. The molecule has 1 amide bonds. The molecule has 0 aliphatic heterocycles. The van der Waals surface area contributed by atoms with Gasteiger partial charge in [0.25, 0.3) is 5.91 Å². The van der Waals surface area contributed by atoms with Crippen molar-refractivity contribution < 1.29 is 4.79 Å². The fourth-order valence-electron chi connectivity index (χ4n) is 3.89. The molecule has 0 aliphatic rings. The molecule has 5 nitrogen and oxygen atoms in total. The molecule has 160 valence electrons. The van der Waals surface area contributed by atoms with E-state index in [-0.39, 0.29) is 5.91 Å². The molecule has 0 spiro atoms. The molecule has 5 heteroatoms. The summed E-state index contributed by atoms with van der Waals surface area (Å²) >= 11 is 0. The van der Waals surface area contributed by atoms with Crippen LogP contribution in [0.15, 0.2) is 78.9 Å². The molecular weight excluding hydrogens is 396 g/mol. The lowest BCUT2D eigenvalue weighted by Gasteiger charge is -2.13. The van der Waals surface area contributed by atoms with E-state index in [4.69, 9.17) is 0 Å². The fraction of sp³-hybridized carbons (Fsp3) is 0.185. The lowest BCUT2D eigenvalue weighted by atomic mass is 10.1. The van der Waals surface area contributed by atoms with Crippen LogP contribution in [0.2, 0.25) is 0 Å². The third-order valence-electron chi connectivity index (χ3n) is 5.41. The number of aromatic nitrogens is 1. The summed E-state index contributed by atoms with van der Waals surface area (Å²) in [6, 6.07) is 27.9. The first-order valence-corrected chi connectivity index (χ1v) is 10.6. The maximum atomic E-state index is 13.1. The van der Waals surface area contributed by atoms with E-state index >= 15 is 0 Å². The van der Waals surface area contributed by atoms with Crippen molar-refractivity contribution in [3.8, 4) is 6.07 Å². The van der Waals surface area contributed by atoms with Crippen LogP contribution in [0.25, 0.3) is 10.9 Å². The van der Waals surface area contributed by atoms with Crippen molar-refractivity contribution in [3.63, 3.8) is 0 Å². The van der Waals surface area contributed by atoms with Gasteiger partial charge in [0, 0.05) is 30.5 Å². The number of hydrogen-bond donors (Lipinski definition) is 1. The molecule has 4 rings (SSSR count). The number of carbonyl (C=O) groups is 1. The van der Waals surface area contributed by atoms with E-state index in [0.29, 0.717) is 24.3 Å². The molecule has 1 aromatic heterocycles. The van der Waals surface area contributed by atoms with Crippen molar-refractivity contribution in [1.29, 1.82) is 5.26 Å². The average Bonchev–Trinajstić information content (AvgIpc) is 3.16. The Morgan fingerprint density at radius 1 is 0.938 bits per heavy atom. The van der Waals surface area contributed by atoms with Gasteiger partial charge < -0.3 is 14.8 Å². The van der Waals surface area contributed by atoms with Crippen molar-refractivity contribution >= 4 is 16.8 Å². The maximum Gasteiger partial charge on any atom is 0.268 e. The highest BCUT2D eigenvalue weighted by atomic mass is 16.1. The molecule has 0 bridgehead atoms. The number of para-hydroxylation sites is 1. The lowest BCUT2D eigenvalue weighted by molar-refractivity contribution is 0.0942. The molecule has 0 saturated carbocycles. The van der Waals surface area contributed by atoms with Gasteiger partial charge in [0.05, 0.1) is 11.6 Å². The number of nitrogens with one attached hydrogen (secondary N) is 1. The first kappa shape index (κ1) is 21.4. The Hall–Kier alpha value is -3.88. The summed E-state index contributed by atoms with van der Waals surface area (Å²) in [5, 5.41) is 13.3. The second kappa shape index (κ2) is 9.51. The Labute approximate surface area is 188 Å². The summed E-state index contributed by atoms with van der Waals surface area (Å²) in [4.78, 5) is 15.3. The largest absolute Gasteiger partial charge is 0.347 e. The molecule has 0 fully saturated rings. The molecule has 1 heterocycles. The zero-order valence-corrected chi connectivity index (χ0v) is 18.4. The van der Waals surface area contributed by atoms with E-state index in [1.165, 1.54) is 5.56 Å². The predicted octanol–water partition coefficient (Wildman–Crippen LogP) is 4.55. The van der Waals surface area contributed by atoms with Gasteiger partial charge in [-0.1, -0.05) is 54.6 Å². The van der Waals surface area contributed by atoms with Gasteiger partial charge in [-0.2, -0.15) is 5.26 Å². The summed E-state index contributed by atoms with van der Waals surface area (Å²) in [5.74, 6) is -0.116. The van der Waals surface area contributed by atoms with Gasteiger partial charge in [-0.25, -0.2) is 0 Å². The highest BCUT2D eigenvalue weighted by molar-refractivity contribution is 5.98. The molecule has 3 aromatic carbocycles. The predicted molar refractivity (Wildman–Crippen MR) is 127 cm³/mol. The van der Waals surface area contributed by atoms with E-state index in [1.54, 1.807) is 6.07 Å². The molecule has 0 atom stereocenters. The van der Waals surface area contributed by atoms with Gasteiger partial charge in [-0.3, -0.25) is 4.79 Å². The summed E-state index contributed by atoms with van der Waals surface area (Å²) in [6.45, 7) is 1.87. The van der Waals surface area contributed by atoms with Gasteiger partial charge in [-0.15, -0.1) is 0 Å². The molecule has 4 aromatic rings. The quantitative estimate of drug-likeness (QED) is 0.475. The Morgan fingerprint density at radius 3 is 2.44 bits per heavy atom. The van der Waals surface area contributed by atoms with Crippen LogP contribution >= 0.6 is 0 Å². The minimum atomic E-state index is -0.116. The van der Waals surface area contributed by atoms with E-state index < -0.39 is 0 Å². The third kappa shape index (κ3) is 4.88. The van der Waals surface area contributed by atoms with Gasteiger partial charge in [0.1, 0.15) is 5.69 Å². The fourth-order valence-corrected chi connectivity index (χ4v) is 3.89. The average molecular weight is 423 g/mol. The summed E-state index contributed by atoms with van der Waals surface area (Å²) in [7, 11) is 4.09. The number of carbonyl (C=O) groups excluding carboxylic acids is 1. The SMILES string of the molecule is CN(C)Cc1ccc(CNC(=O)c2cc3ccccc3n2Cc2cccc(C#N)c2)cc1. The standard InChI is InChI=1S/C27H26N4O/c1-30(2)18-21-12-10-20(11-13-21)17-29-27(32)26-15-24-8-3-4-9-25(24)31(26)19-23-7-5-6-22(14-23)16-28/h3-15H,17-19H2,1-2H3,(H,29,32). The summed E-state index contributed by atoms with van der Waals surface area (Å²) in [5.41, 5.74) is 5.50. The number of benzene rings is 3. The molecule has 32 heavy (non-hydrogen) atoms. The van der Waals surface area contributed by atoms with Crippen molar-refractivity contribution in [2.75, 3.05) is 14.1 Å². The van der Waals surface area contributed by atoms with Gasteiger partial charge in [-0.05, 0) is 55.1 Å². The van der Waals surface area contributed by atoms with Crippen LogP contribution in [0.3, 0.4) is 0 Å². The number of nitriles is 1. The third-order valence-corrected chi connectivity index (χ3v) is 5.41. The minimum Gasteiger partial charge on any atom is -0.347 e. The zero-order chi connectivity index (χ0) is 22.5. The summed E-state index contributed by atoms with van der Waals surface area (Å²) in [6.07, 6.45) is 0.